The molecule has 0 aromatic carbocycles. The van der Waals surface area contributed by atoms with Crippen LogP contribution in [0.5, 0.6) is 0 Å². The van der Waals surface area contributed by atoms with Crippen molar-refractivity contribution in [1.82, 2.24) is 20.4 Å². The first-order chi connectivity index (χ1) is 10.8. The van der Waals surface area contributed by atoms with E-state index in [1.54, 1.807) is 12.4 Å². The number of hydrogen-bond donors (Lipinski definition) is 1. The molecular formula is C16H20N4O2. The van der Waals surface area contributed by atoms with Gasteiger partial charge in [0, 0.05) is 18.3 Å². The highest BCUT2D eigenvalue weighted by Crippen LogP contribution is 2.30. The highest BCUT2D eigenvalue weighted by molar-refractivity contribution is 5.78. The van der Waals surface area contributed by atoms with E-state index >= 15 is 0 Å². The molecule has 0 radical (unpaired) electrons. The molecule has 0 bridgehead atoms. The number of hydrogen-bond acceptors (Lipinski definition) is 5. The second-order valence-electron chi connectivity index (χ2n) is 5.70. The van der Waals surface area contributed by atoms with Crippen LogP contribution in [0.2, 0.25) is 0 Å². The summed E-state index contributed by atoms with van der Waals surface area (Å²) in [6.07, 6.45) is 9.70. The summed E-state index contributed by atoms with van der Waals surface area (Å²) in [4.78, 5) is 20.3. The molecule has 1 saturated carbocycles. The molecule has 0 spiro atoms. The Hall–Kier alpha value is -2.24. The van der Waals surface area contributed by atoms with E-state index in [9.17, 15) is 4.79 Å². The Balaban J connectivity index is 1.49. The quantitative estimate of drug-likeness (QED) is 0.917. The van der Waals surface area contributed by atoms with Gasteiger partial charge in [0.25, 0.3) is 0 Å². The molecule has 1 N–H and O–H groups in total. The first-order valence-corrected chi connectivity index (χ1v) is 7.79. The molecule has 6 heteroatoms. The third kappa shape index (κ3) is 3.90. The van der Waals surface area contributed by atoms with Crippen LogP contribution in [-0.4, -0.2) is 21.0 Å². The normalized spacial score (nSPS) is 15.6. The molecule has 2 heterocycles. The fourth-order valence-corrected chi connectivity index (χ4v) is 2.79. The van der Waals surface area contributed by atoms with Gasteiger partial charge in [0.2, 0.25) is 11.8 Å². The highest BCUT2D eigenvalue weighted by atomic mass is 16.5. The van der Waals surface area contributed by atoms with E-state index in [0.29, 0.717) is 18.2 Å². The minimum absolute atomic E-state index is 0.0783. The molecule has 22 heavy (non-hydrogen) atoms. The molecule has 1 amide bonds. The lowest BCUT2D eigenvalue weighted by Crippen LogP contribution is -2.24. The van der Waals surface area contributed by atoms with Gasteiger partial charge in [-0.05, 0) is 24.5 Å². The largest absolute Gasteiger partial charge is 0.347 e. The van der Waals surface area contributed by atoms with Gasteiger partial charge >= 0.3 is 0 Å². The SMILES string of the molecule is O=C(Cc1cccnc1)NCc1nc(C2CCCCC2)no1. The molecular weight excluding hydrogens is 280 g/mol. The number of carbonyl (C=O) groups excluding carboxylic acids is 1. The molecule has 6 nitrogen and oxygen atoms in total. The predicted octanol–water partition coefficient (Wildman–Crippen LogP) is 2.37. The predicted molar refractivity (Wildman–Crippen MR) is 79.9 cm³/mol. The van der Waals surface area contributed by atoms with Crippen LogP contribution in [0.15, 0.2) is 29.0 Å². The Bertz CT molecular complexity index is 606. The monoisotopic (exact) mass is 300 g/mol. The molecule has 1 aliphatic rings. The zero-order valence-corrected chi connectivity index (χ0v) is 12.5. The maximum Gasteiger partial charge on any atom is 0.246 e. The van der Waals surface area contributed by atoms with Crippen LogP contribution in [0.4, 0.5) is 0 Å². The zero-order chi connectivity index (χ0) is 15.2. The van der Waals surface area contributed by atoms with Crippen LogP contribution in [-0.2, 0) is 17.8 Å². The lowest BCUT2D eigenvalue weighted by atomic mass is 9.89. The summed E-state index contributed by atoms with van der Waals surface area (Å²) in [6, 6.07) is 3.69. The van der Waals surface area contributed by atoms with Crippen molar-refractivity contribution in [3.05, 3.63) is 41.8 Å². The molecule has 1 aliphatic carbocycles. The zero-order valence-electron chi connectivity index (χ0n) is 12.5. The van der Waals surface area contributed by atoms with Gasteiger partial charge in [-0.15, -0.1) is 0 Å². The van der Waals surface area contributed by atoms with Gasteiger partial charge < -0.3 is 9.84 Å². The fourth-order valence-electron chi connectivity index (χ4n) is 2.79. The van der Waals surface area contributed by atoms with E-state index < -0.39 is 0 Å². The van der Waals surface area contributed by atoms with Crippen molar-refractivity contribution in [2.75, 3.05) is 0 Å². The number of rotatable bonds is 5. The van der Waals surface area contributed by atoms with E-state index in [1.807, 2.05) is 12.1 Å². The van der Waals surface area contributed by atoms with Crippen LogP contribution in [0.1, 0.15) is 55.3 Å². The summed E-state index contributed by atoms with van der Waals surface area (Å²) >= 11 is 0. The number of aromatic nitrogens is 3. The van der Waals surface area contributed by atoms with Gasteiger partial charge in [-0.25, -0.2) is 0 Å². The summed E-state index contributed by atoms with van der Waals surface area (Å²) in [5.41, 5.74) is 0.883. The second-order valence-corrected chi connectivity index (χ2v) is 5.70. The van der Waals surface area contributed by atoms with Crippen LogP contribution in [0.3, 0.4) is 0 Å². The van der Waals surface area contributed by atoms with Gasteiger partial charge in [0.05, 0.1) is 13.0 Å². The van der Waals surface area contributed by atoms with E-state index in [0.717, 1.165) is 24.2 Å². The first kappa shape index (κ1) is 14.7. The standard InChI is InChI=1S/C16H20N4O2/c21-14(9-12-5-4-8-17-10-12)18-11-15-19-16(20-22-15)13-6-2-1-3-7-13/h4-5,8,10,13H,1-3,6-7,9,11H2,(H,18,21). The van der Waals surface area contributed by atoms with Gasteiger partial charge in [0.1, 0.15) is 0 Å². The number of carbonyl (C=O) groups is 1. The van der Waals surface area contributed by atoms with Crippen LogP contribution < -0.4 is 5.32 Å². The summed E-state index contributed by atoms with van der Waals surface area (Å²) in [5, 5.41) is 6.86. The summed E-state index contributed by atoms with van der Waals surface area (Å²) in [5.74, 6) is 1.60. The van der Waals surface area contributed by atoms with Crippen molar-refractivity contribution in [1.29, 1.82) is 0 Å². The Morgan fingerprint density at radius 1 is 1.32 bits per heavy atom. The first-order valence-electron chi connectivity index (χ1n) is 7.79. The molecule has 2 aromatic rings. The maximum atomic E-state index is 11.9. The fraction of sp³-hybridized carbons (Fsp3) is 0.500. The van der Waals surface area contributed by atoms with Crippen molar-refractivity contribution >= 4 is 5.91 Å². The topological polar surface area (TPSA) is 80.9 Å². The number of nitrogens with zero attached hydrogens (tertiary/aromatic N) is 3. The summed E-state index contributed by atoms with van der Waals surface area (Å²) in [6.45, 7) is 0.277. The average molecular weight is 300 g/mol. The Morgan fingerprint density at radius 2 is 2.18 bits per heavy atom. The molecule has 3 rings (SSSR count). The van der Waals surface area contributed by atoms with Crippen molar-refractivity contribution < 1.29 is 9.32 Å². The third-order valence-corrected chi connectivity index (χ3v) is 3.98. The second kappa shape index (κ2) is 7.15. The van der Waals surface area contributed by atoms with Crippen molar-refractivity contribution in [3.63, 3.8) is 0 Å². The van der Waals surface area contributed by atoms with Crippen LogP contribution >= 0.6 is 0 Å². The average Bonchev–Trinajstić information content (AvgIpc) is 3.04. The third-order valence-electron chi connectivity index (χ3n) is 3.98. The van der Waals surface area contributed by atoms with E-state index in [-0.39, 0.29) is 12.5 Å². The van der Waals surface area contributed by atoms with E-state index in [2.05, 4.69) is 20.4 Å². The molecule has 0 saturated heterocycles. The van der Waals surface area contributed by atoms with Gasteiger partial charge in [-0.1, -0.05) is 30.5 Å². The van der Waals surface area contributed by atoms with Gasteiger partial charge in [-0.2, -0.15) is 4.98 Å². The minimum Gasteiger partial charge on any atom is -0.347 e. The Kier molecular flexibility index (Phi) is 4.78. The van der Waals surface area contributed by atoms with Crippen molar-refractivity contribution in [2.45, 2.75) is 51.0 Å². The Morgan fingerprint density at radius 3 is 2.95 bits per heavy atom. The van der Waals surface area contributed by atoms with Crippen LogP contribution in [0.25, 0.3) is 0 Å². The molecule has 1 fully saturated rings. The smallest absolute Gasteiger partial charge is 0.246 e. The molecule has 0 unspecified atom stereocenters. The van der Waals surface area contributed by atoms with E-state index in [4.69, 9.17) is 4.52 Å². The summed E-state index contributed by atoms with van der Waals surface area (Å²) < 4.78 is 5.23. The number of pyridine rings is 1. The summed E-state index contributed by atoms with van der Waals surface area (Å²) in [7, 11) is 0. The van der Waals surface area contributed by atoms with E-state index in [1.165, 1.54) is 19.3 Å². The van der Waals surface area contributed by atoms with Gasteiger partial charge in [0.15, 0.2) is 5.82 Å². The number of nitrogens with one attached hydrogen (secondary N) is 1. The number of amides is 1. The van der Waals surface area contributed by atoms with Crippen LogP contribution in [0, 0.1) is 0 Å². The van der Waals surface area contributed by atoms with Crippen molar-refractivity contribution in [3.8, 4) is 0 Å². The Labute approximate surface area is 129 Å². The van der Waals surface area contributed by atoms with Crippen molar-refractivity contribution in [2.24, 2.45) is 0 Å². The highest BCUT2D eigenvalue weighted by Gasteiger charge is 2.20. The molecule has 116 valence electrons. The lowest BCUT2D eigenvalue weighted by molar-refractivity contribution is -0.120. The lowest BCUT2D eigenvalue weighted by Gasteiger charge is -2.17. The molecule has 2 aromatic heterocycles. The molecule has 0 atom stereocenters. The van der Waals surface area contributed by atoms with Gasteiger partial charge in [-0.3, -0.25) is 9.78 Å². The maximum absolute atomic E-state index is 11.9. The minimum atomic E-state index is -0.0783. The molecule has 0 aliphatic heterocycles.